The van der Waals surface area contributed by atoms with Crippen molar-refractivity contribution >= 4 is 17.2 Å². The van der Waals surface area contributed by atoms with E-state index in [1.165, 1.54) is 0 Å². The Bertz CT molecular complexity index is 409. The summed E-state index contributed by atoms with van der Waals surface area (Å²) in [5.74, 6) is 0. The van der Waals surface area contributed by atoms with Crippen molar-refractivity contribution in [3.05, 3.63) is 34.7 Å². The summed E-state index contributed by atoms with van der Waals surface area (Å²) < 4.78 is 1.67. The van der Waals surface area contributed by atoms with E-state index in [0.717, 1.165) is 6.42 Å². The standard InChI is InChI=1S/C11H16N2OS/c1-11(2,10(12)15)6-8-13-7-4-3-5-9(13)14/h3-5,7H,6,8H2,1-2H3,(H2,12,15). The highest BCUT2D eigenvalue weighted by Gasteiger charge is 2.20. The van der Waals surface area contributed by atoms with Gasteiger partial charge in [0, 0.05) is 24.2 Å². The lowest BCUT2D eigenvalue weighted by Crippen LogP contribution is -2.32. The predicted octanol–water partition coefficient (Wildman–Crippen LogP) is 1.55. The Morgan fingerprint density at radius 1 is 1.53 bits per heavy atom. The molecule has 0 fully saturated rings. The van der Waals surface area contributed by atoms with Crippen LogP contribution in [0.1, 0.15) is 20.3 Å². The fourth-order valence-electron chi connectivity index (χ4n) is 1.17. The van der Waals surface area contributed by atoms with Gasteiger partial charge in [-0.2, -0.15) is 0 Å². The van der Waals surface area contributed by atoms with Crippen LogP contribution < -0.4 is 11.3 Å². The Labute approximate surface area is 94.9 Å². The summed E-state index contributed by atoms with van der Waals surface area (Å²) >= 11 is 4.97. The molecule has 0 amide bonds. The van der Waals surface area contributed by atoms with Gasteiger partial charge in [-0.05, 0) is 12.5 Å². The van der Waals surface area contributed by atoms with Gasteiger partial charge in [0.1, 0.15) is 0 Å². The molecule has 4 heteroatoms. The summed E-state index contributed by atoms with van der Waals surface area (Å²) in [6, 6.07) is 5.13. The number of hydrogen-bond acceptors (Lipinski definition) is 2. The Morgan fingerprint density at radius 2 is 2.20 bits per heavy atom. The van der Waals surface area contributed by atoms with Crippen molar-refractivity contribution in [1.82, 2.24) is 4.57 Å². The van der Waals surface area contributed by atoms with Crippen molar-refractivity contribution < 1.29 is 0 Å². The van der Waals surface area contributed by atoms with Crippen LogP contribution in [0.3, 0.4) is 0 Å². The van der Waals surface area contributed by atoms with Crippen molar-refractivity contribution in [2.45, 2.75) is 26.8 Å². The van der Waals surface area contributed by atoms with Crippen LogP contribution in [0.5, 0.6) is 0 Å². The molecule has 0 atom stereocenters. The van der Waals surface area contributed by atoms with Crippen LogP contribution in [-0.2, 0) is 6.54 Å². The Balaban J connectivity index is 2.70. The van der Waals surface area contributed by atoms with E-state index in [9.17, 15) is 4.79 Å². The van der Waals surface area contributed by atoms with Crippen molar-refractivity contribution in [3.8, 4) is 0 Å². The second-order valence-electron chi connectivity index (χ2n) is 4.23. The Kier molecular flexibility index (Phi) is 3.63. The third kappa shape index (κ3) is 3.16. The largest absolute Gasteiger partial charge is 0.393 e. The molecule has 1 heterocycles. The van der Waals surface area contributed by atoms with Gasteiger partial charge < -0.3 is 10.3 Å². The molecule has 15 heavy (non-hydrogen) atoms. The summed E-state index contributed by atoms with van der Waals surface area (Å²) in [4.78, 5) is 11.9. The van der Waals surface area contributed by atoms with Crippen LogP contribution >= 0.6 is 12.2 Å². The van der Waals surface area contributed by atoms with Crippen molar-refractivity contribution in [2.75, 3.05) is 0 Å². The van der Waals surface area contributed by atoms with Gasteiger partial charge in [-0.1, -0.05) is 32.1 Å². The molecule has 0 saturated heterocycles. The fourth-order valence-corrected chi connectivity index (χ4v) is 1.27. The number of hydrogen-bond donors (Lipinski definition) is 1. The van der Waals surface area contributed by atoms with E-state index in [1.807, 2.05) is 19.9 Å². The minimum absolute atomic E-state index is 0.0104. The first kappa shape index (κ1) is 11.9. The second-order valence-corrected chi connectivity index (χ2v) is 4.67. The van der Waals surface area contributed by atoms with E-state index in [0.29, 0.717) is 11.5 Å². The highest BCUT2D eigenvalue weighted by molar-refractivity contribution is 7.80. The topological polar surface area (TPSA) is 48.0 Å². The molecule has 0 radical (unpaired) electrons. The zero-order chi connectivity index (χ0) is 11.5. The Morgan fingerprint density at radius 3 is 2.73 bits per heavy atom. The van der Waals surface area contributed by atoms with Crippen LogP contribution in [0.25, 0.3) is 0 Å². The molecule has 0 aromatic carbocycles. The first-order valence-electron chi connectivity index (χ1n) is 4.89. The molecule has 0 aliphatic carbocycles. The third-order valence-electron chi connectivity index (χ3n) is 2.54. The van der Waals surface area contributed by atoms with Crippen molar-refractivity contribution in [1.29, 1.82) is 0 Å². The zero-order valence-corrected chi connectivity index (χ0v) is 9.88. The highest BCUT2D eigenvalue weighted by atomic mass is 32.1. The number of thiocarbonyl (C=S) groups is 1. The quantitative estimate of drug-likeness (QED) is 0.789. The molecular formula is C11H16N2OS. The fraction of sp³-hybridized carbons (Fsp3) is 0.455. The van der Waals surface area contributed by atoms with Crippen LogP contribution in [0.4, 0.5) is 0 Å². The maximum absolute atomic E-state index is 11.4. The van der Waals surface area contributed by atoms with Crippen LogP contribution in [-0.4, -0.2) is 9.56 Å². The van der Waals surface area contributed by atoms with E-state index in [-0.39, 0.29) is 11.0 Å². The predicted molar refractivity (Wildman–Crippen MR) is 65.9 cm³/mol. The number of aryl methyl sites for hydroxylation is 1. The molecular weight excluding hydrogens is 208 g/mol. The van der Waals surface area contributed by atoms with E-state index < -0.39 is 0 Å². The maximum Gasteiger partial charge on any atom is 0.250 e. The third-order valence-corrected chi connectivity index (χ3v) is 3.10. The van der Waals surface area contributed by atoms with Gasteiger partial charge in [0.25, 0.3) is 0 Å². The monoisotopic (exact) mass is 224 g/mol. The smallest absolute Gasteiger partial charge is 0.250 e. The first-order chi connectivity index (χ1) is 6.93. The molecule has 0 aliphatic rings. The van der Waals surface area contributed by atoms with Gasteiger partial charge in [0.05, 0.1) is 4.99 Å². The van der Waals surface area contributed by atoms with Crippen molar-refractivity contribution in [3.63, 3.8) is 0 Å². The van der Waals surface area contributed by atoms with Crippen LogP contribution in [0.15, 0.2) is 29.2 Å². The SMILES string of the molecule is CC(C)(CCn1ccccc1=O)C(N)=S. The van der Waals surface area contributed by atoms with E-state index in [2.05, 4.69) is 0 Å². The normalized spacial score (nSPS) is 11.3. The molecule has 1 rings (SSSR count). The molecule has 82 valence electrons. The first-order valence-corrected chi connectivity index (χ1v) is 5.30. The summed E-state index contributed by atoms with van der Waals surface area (Å²) in [6.45, 7) is 4.62. The average Bonchev–Trinajstić information content (AvgIpc) is 2.16. The van der Waals surface area contributed by atoms with Gasteiger partial charge in [-0.3, -0.25) is 4.79 Å². The molecule has 0 unspecified atom stereocenters. The van der Waals surface area contributed by atoms with Gasteiger partial charge >= 0.3 is 0 Å². The minimum atomic E-state index is -0.204. The van der Waals surface area contributed by atoms with Gasteiger partial charge in [-0.15, -0.1) is 0 Å². The minimum Gasteiger partial charge on any atom is -0.393 e. The lowest BCUT2D eigenvalue weighted by Gasteiger charge is -2.23. The lowest BCUT2D eigenvalue weighted by atomic mass is 9.89. The number of pyridine rings is 1. The number of rotatable bonds is 4. The molecule has 1 aromatic rings. The van der Waals surface area contributed by atoms with Gasteiger partial charge in [0.15, 0.2) is 0 Å². The lowest BCUT2D eigenvalue weighted by molar-refractivity contribution is 0.430. The van der Waals surface area contributed by atoms with Gasteiger partial charge in [0.2, 0.25) is 5.56 Å². The molecule has 0 bridgehead atoms. The molecule has 3 nitrogen and oxygen atoms in total. The van der Waals surface area contributed by atoms with E-state index >= 15 is 0 Å². The molecule has 1 aromatic heterocycles. The maximum atomic E-state index is 11.4. The summed E-state index contributed by atoms with van der Waals surface area (Å²) in [6.07, 6.45) is 2.55. The van der Waals surface area contributed by atoms with Crippen LogP contribution in [0, 0.1) is 5.41 Å². The second kappa shape index (κ2) is 4.57. The molecule has 0 spiro atoms. The zero-order valence-electron chi connectivity index (χ0n) is 9.06. The van der Waals surface area contributed by atoms with Crippen molar-refractivity contribution in [2.24, 2.45) is 11.1 Å². The van der Waals surface area contributed by atoms with Gasteiger partial charge in [-0.25, -0.2) is 0 Å². The molecule has 0 aliphatic heterocycles. The summed E-state index contributed by atoms with van der Waals surface area (Å²) in [7, 11) is 0. The molecule has 2 N–H and O–H groups in total. The number of aromatic nitrogens is 1. The van der Waals surface area contributed by atoms with E-state index in [1.54, 1.807) is 22.9 Å². The number of nitrogens with two attached hydrogens (primary N) is 1. The summed E-state index contributed by atoms with van der Waals surface area (Å²) in [5.41, 5.74) is 5.42. The van der Waals surface area contributed by atoms with E-state index in [4.69, 9.17) is 18.0 Å². The molecule has 0 saturated carbocycles. The average molecular weight is 224 g/mol. The number of nitrogens with zero attached hydrogens (tertiary/aromatic N) is 1. The Hall–Kier alpha value is -1.16. The highest BCUT2D eigenvalue weighted by Crippen LogP contribution is 2.20. The summed E-state index contributed by atoms with van der Waals surface area (Å²) in [5, 5.41) is 0. The van der Waals surface area contributed by atoms with Crippen LogP contribution in [0.2, 0.25) is 0 Å².